The maximum absolute atomic E-state index is 11.9. The molecule has 1 N–H and O–H groups in total. The van der Waals surface area contributed by atoms with E-state index in [0.717, 1.165) is 0 Å². The number of amides is 2. The molecule has 7 heteroatoms. The Morgan fingerprint density at radius 3 is 3.06 bits per heavy atom. The van der Waals surface area contributed by atoms with Crippen LogP contribution in [-0.4, -0.2) is 40.0 Å². The van der Waals surface area contributed by atoms with Crippen LogP contribution in [0.25, 0.3) is 0 Å². The number of aromatic nitrogens is 2. The largest absolute Gasteiger partial charge is 0.342 e. The van der Waals surface area contributed by atoms with Crippen LogP contribution in [-0.2, 0) is 9.59 Å². The highest BCUT2D eigenvalue weighted by Crippen LogP contribution is 2.21. The average Bonchev–Trinajstić information content (AvgIpc) is 2.89. The van der Waals surface area contributed by atoms with Gasteiger partial charge in [0.05, 0.1) is 5.92 Å². The second-order valence-corrected chi connectivity index (χ2v) is 5.66. The number of carbonyl (C=O) groups excluding carboxylic acids is 2. The van der Waals surface area contributed by atoms with Crippen LogP contribution in [0.15, 0.2) is 5.51 Å². The first kappa shape index (κ1) is 12.9. The predicted octanol–water partition coefficient (Wildman–Crippen LogP) is 0.981. The molecule has 0 aromatic carbocycles. The molecule has 0 saturated carbocycles. The van der Waals surface area contributed by atoms with E-state index in [4.69, 9.17) is 0 Å². The summed E-state index contributed by atoms with van der Waals surface area (Å²) in [6.07, 6.45) is 0.289. The molecule has 1 aliphatic heterocycles. The molecule has 98 valence electrons. The van der Waals surface area contributed by atoms with Crippen molar-refractivity contribution < 1.29 is 9.59 Å². The third-order valence-electron chi connectivity index (χ3n) is 2.76. The van der Waals surface area contributed by atoms with Crippen LogP contribution < -0.4 is 5.32 Å². The highest BCUT2D eigenvalue weighted by Gasteiger charge is 2.34. The zero-order chi connectivity index (χ0) is 13.1. The lowest BCUT2D eigenvalue weighted by atomic mass is 10.1. The molecular weight excluding hydrogens is 252 g/mol. The zero-order valence-corrected chi connectivity index (χ0v) is 11.2. The van der Waals surface area contributed by atoms with Crippen LogP contribution >= 0.6 is 11.3 Å². The van der Waals surface area contributed by atoms with Crippen LogP contribution in [0.1, 0.15) is 20.3 Å². The summed E-state index contributed by atoms with van der Waals surface area (Å²) in [6, 6.07) is 0. The Morgan fingerprint density at radius 2 is 2.44 bits per heavy atom. The van der Waals surface area contributed by atoms with Gasteiger partial charge in [0.1, 0.15) is 5.51 Å². The first-order chi connectivity index (χ1) is 8.56. The summed E-state index contributed by atoms with van der Waals surface area (Å²) in [5.41, 5.74) is 1.56. The molecule has 1 atom stereocenters. The van der Waals surface area contributed by atoms with Gasteiger partial charge in [-0.2, -0.15) is 0 Å². The Hall–Kier alpha value is -1.50. The van der Waals surface area contributed by atoms with Crippen molar-refractivity contribution in [3.63, 3.8) is 0 Å². The molecule has 1 unspecified atom stereocenters. The SMILES string of the molecule is CC(C)CN1CC(C(=O)Nc2nncs2)CC1=O. The number of likely N-dealkylation sites (tertiary alicyclic amines) is 1. The molecule has 0 spiro atoms. The molecule has 1 saturated heterocycles. The van der Waals surface area contributed by atoms with Gasteiger partial charge in [-0.3, -0.25) is 9.59 Å². The summed E-state index contributed by atoms with van der Waals surface area (Å²) in [7, 11) is 0. The number of carbonyl (C=O) groups is 2. The number of nitrogens with zero attached hydrogens (tertiary/aromatic N) is 3. The Balaban J connectivity index is 1.91. The van der Waals surface area contributed by atoms with Crippen molar-refractivity contribution in [3.8, 4) is 0 Å². The second kappa shape index (κ2) is 5.43. The lowest BCUT2D eigenvalue weighted by Crippen LogP contribution is -2.31. The molecule has 0 bridgehead atoms. The summed E-state index contributed by atoms with van der Waals surface area (Å²) in [4.78, 5) is 25.4. The van der Waals surface area contributed by atoms with Gasteiger partial charge in [-0.05, 0) is 5.92 Å². The van der Waals surface area contributed by atoms with E-state index in [1.807, 2.05) is 0 Å². The normalized spacial score (nSPS) is 19.6. The van der Waals surface area contributed by atoms with Crippen molar-refractivity contribution in [2.75, 3.05) is 18.4 Å². The Morgan fingerprint density at radius 1 is 1.67 bits per heavy atom. The minimum absolute atomic E-state index is 0.0566. The smallest absolute Gasteiger partial charge is 0.231 e. The molecule has 1 aromatic heterocycles. The molecule has 1 aromatic rings. The number of hydrogen-bond donors (Lipinski definition) is 1. The maximum atomic E-state index is 11.9. The lowest BCUT2D eigenvalue weighted by molar-refractivity contribution is -0.128. The van der Waals surface area contributed by atoms with E-state index in [-0.39, 0.29) is 24.2 Å². The van der Waals surface area contributed by atoms with E-state index in [2.05, 4.69) is 29.4 Å². The first-order valence-corrected chi connectivity index (χ1v) is 6.79. The highest BCUT2D eigenvalue weighted by atomic mass is 32.1. The van der Waals surface area contributed by atoms with Gasteiger partial charge in [-0.15, -0.1) is 10.2 Å². The van der Waals surface area contributed by atoms with Gasteiger partial charge >= 0.3 is 0 Å². The van der Waals surface area contributed by atoms with E-state index in [1.165, 1.54) is 11.3 Å². The minimum atomic E-state index is -0.278. The van der Waals surface area contributed by atoms with Crippen molar-refractivity contribution in [2.45, 2.75) is 20.3 Å². The number of hydrogen-bond acceptors (Lipinski definition) is 5. The molecule has 0 radical (unpaired) electrons. The van der Waals surface area contributed by atoms with Crippen molar-refractivity contribution >= 4 is 28.3 Å². The van der Waals surface area contributed by atoms with Crippen LogP contribution in [0, 0.1) is 11.8 Å². The molecule has 0 aliphatic carbocycles. The van der Waals surface area contributed by atoms with E-state index >= 15 is 0 Å². The summed E-state index contributed by atoms with van der Waals surface area (Å²) >= 11 is 1.27. The fraction of sp³-hybridized carbons (Fsp3) is 0.636. The molecule has 6 nitrogen and oxygen atoms in total. The predicted molar refractivity (Wildman–Crippen MR) is 68.1 cm³/mol. The fourth-order valence-electron chi connectivity index (χ4n) is 2.00. The van der Waals surface area contributed by atoms with Crippen molar-refractivity contribution in [1.82, 2.24) is 15.1 Å². The van der Waals surface area contributed by atoms with Crippen molar-refractivity contribution in [2.24, 2.45) is 11.8 Å². The molecule has 2 rings (SSSR count). The van der Waals surface area contributed by atoms with Crippen molar-refractivity contribution in [3.05, 3.63) is 5.51 Å². The van der Waals surface area contributed by atoms with Crippen LogP contribution in [0.2, 0.25) is 0 Å². The van der Waals surface area contributed by atoms with Gasteiger partial charge in [0.2, 0.25) is 16.9 Å². The van der Waals surface area contributed by atoms with Gasteiger partial charge in [0, 0.05) is 19.5 Å². The molecule has 2 amide bonds. The molecule has 18 heavy (non-hydrogen) atoms. The van der Waals surface area contributed by atoms with Crippen LogP contribution in [0.4, 0.5) is 5.13 Å². The highest BCUT2D eigenvalue weighted by molar-refractivity contribution is 7.13. The summed E-state index contributed by atoms with van der Waals surface area (Å²) in [6.45, 7) is 5.33. The minimum Gasteiger partial charge on any atom is -0.342 e. The average molecular weight is 268 g/mol. The van der Waals surface area contributed by atoms with Gasteiger partial charge in [0.15, 0.2) is 0 Å². The maximum Gasteiger partial charge on any atom is 0.231 e. The quantitative estimate of drug-likeness (QED) is 0.883. The third kappa shape index (κ3) is 3.04. The topological polar surface area (TPSA) is 75.2 Å². The number of anilines is 1. The monoisotopic (exact) mass is 268 g/mol. The number of rotatable bonds is 4. The third-order valence-corrected chi connectivity index (χ3v) is 3.37. The molecular formula is C11H16N4O2S. The van der Waals surface area contributed by atoms with Crippen molar-refractivity contribution in [1.29, 1.82) is 0 Å². The van der Waals surface area contributed by atoms with E-state index in [0.29, 0.717) is 24.1 Å². The van der Waals surface area contributed by atoms with E-state index in [1.54, 1.807) is 10.4 Å². The fourth-order valence-corrected chi connectivity index (χ4v) is 2.45. The van der Waals surface area contributed by atoms with Gasteiger partial charge in [0.25, 0.3) is 0 Å². The lowest BCUT2D eigenvalue weighted by Gasteiger charge is -2.18. The molecule has 1 aliphatic rings. The van der Waals surface area contributed by atoms with E-state index < -0.39 is 0 Å². The summed E-state index contributed by atoms with van der Waals surface area (Å²) in [5, 5.41) is 10.6. The van der Waals surface area contributed by atoms with Gasteiger partial charge in [-0.25, -0.2) is 0 Å². The summed E-state index contributed by atoms with van der Waals surface area (Å²) in [5.74, 6) is 0.0477. The Bertz CT molecular complexity index is 432. The Labute approximate surface area is 109 Å². The Kier molecular flexibility index (Phi) is 3.90. The zero-order valence-electron chi connectivity index (χ0n) is 10.4. The van der Waals surface area contributed by atoms with E-state index in [9.17, 15) is 9.59 Å². The molecule has 2 heterocycles. The van der Waals surface area contributed by atoms with Gasteiger partial charge < -0.3 is 10.2 Å². The van der Waals surface area contributed by atoms with Crippen LogP contribution in [0.5, 0.6) is 0 Å². The summed E-state index contributed by atoms with van der Waals surface area (Å²) < 4.78 is 0. The first-order valence-electron chi connectivity index (χ1n) is 5.91. The van der Waals surface area contributed by atoms with Gasteiger partial charge in [-0.1, -0.05) is 25.2 Å². The van der Waals surface area contributed by atoms with Crippen LogP contribution in [0.3, 0.4) is 0 Å². The second-order valence-electron chi connectivity index (χ2n) is 4.83. The number of nitrogens with one attached hydrogen (secondary N) is 1. The standard InChI is InChI=1S/C11H16N4O2S/c1-7(2)4-15-5-8(3-9(15)16)10(17)13-11-14-12-6-18-11/h6-8H,3-5H2,1-2H3,(H,13,14,17). The molecule has 1 fully saturated rings.